The van der Waals surface area contributed by atoms with Gasteiger partial charge in [0.1, 0.15) is 11.4 Å². The summed E-state index contributed by atoms with van der Waals surface area (Å²) < 4.78 is 7.13. The highest BCUT2D eigenvalue weighted by Crippen LogP contribution is 2.42. The van der Waals surface area contributed by atoms with Crippen molar-refractivity contribution in [3.63, 3.8) is 0 Å². The first-order valence-corrected chi connectivity index (χ1v) is 11.0. The summed E-state index contributed by atoms with van der Waals surface area (Å²) in [6.07, 6.45) is 2.68. The number of halogens is 1. The molecule has 0 radical (unpaired) electrons. The second kappa shape index (κ2) is 7.85. The maximum atomic E-state index is 13.3. The molecule has 6 nitrogen and oxygen atoms in total. The number of hydrogen-bond acceptors (Lipinski definition) is 3. The van der Waals surface area contributed by atoms with Crippen LogP contribution in [0, 0.1) is 0 Å². The highest BCUT2D eigenvalue weighted by molar-refractivity contribution is 6.37. The van der Waals surface area contributed by atoms with Crippen molar-refractivity contribution in [3.8, 4) is 5.75 Å². The van der Waals surface area contributed by atoms with Crippen molar-refractivity contribution in [1.82, 2.24) is 9.88 Å². The zero-order chi connectivity index (χ0) is 23.3. The van der Waals surface area contributed by atoms with Crippen LogP contribution in [0.15, 0.2) is 42.5 Å². The van der Waals surface area contributed by atoms with Crippen molar-refractivity contribution < 1.29 is 19.4 Å². The van der Waals surface area contributed by atoms with Crippen LogP contribution in [-0.2, 0) is 22.8 Å². The van der Waals surface area contributed by atoms with E-state index in [-0.39, 0.29) is 5.91 Å². The number of amides is 1. The number of carboxylic acid groups (broad SMARTS) is 1. The van der Waals surface area contributed by atoms with Crippen LogP contribution in [0.1, 0.15) is 54.7 Å². The Labute approximate surface area is 192 Å². The van der Waals surface area contributed by atoms with E-state index in [9.17, 15) is 14.7 Å². The van der Waals surface area contributed by atoms with E-state index in [0.29, 0.717) is 16.5 Å². The van der Waals surface area contributed by atoms with Gasteiger partial charge in [0.25, 0.3) is 5.91 Å². The Morgan fingerprint density at radius 2 is 1.81 bits per heavy atom. The van der Waals surface area contributed by atoms with Gasteiger partial charge in [-0.1, -0.05) is 35.9 Å². The molecule has 1 saturated carbocycles. The maximum Gasteiger partial charge on any atom is 0.313 e. The van der Waals surface area contributed by atoms with Crippen LogP contribution in [-0.4, -0.2) is 28.7 Å². The van der Waals surface area contributed by atoms with Gasteiger partial charge in [0.2, 0.25) is 0 Å². The maximum absolute atomic E-state index is 13.3. The predicted octanol–water partition coefficient (Wildman–Crippen LogP) is 5.01. The molecule has 0 spiro atoms. The molecule has 2 N–H and O–H groups in total. The van der Waals surface area contributed by atoms with Crippen LogP contribution >= 0.6 is 11.6 Å². The molecule has 1 amide bonds. The monoisotopic (exact) mass is 454 g/mol. The summed E-state index contributed by atoms with van der Waals surface area (Å²) in [5, 5.41) is 14.0. The third kappa shape index (κ3) is 3.43. The molecular formula is C25H27ClN2O4. The average Bonchev–Trinajstić information content (AvgIpc) is 3.08. The lowest BCUT2D eigenvalue weighted by molar-refractivity contribution is -0.142. The fourth-order valence-electron chi connectivity index (χ4n) is 4.36. The van der Waals surface area contributed by atoms with Crippen LogP contribution in [0.2, 0.25) is 5.02 Å². The molecule has 1 aromatic heterocycles. The number of rotatable bonds is 6. The van der Waals surface area contributed by atoms with Gasteiger partial charge in [0.15, 0.2) is 0 Å². The summed E-state index contributed by atoms with van der Waals surface area (Å²) in [6.45, 7) is 3.37. The topological polar surface area (TPSA) is 80.6 Å². The fraction of sp³-hybridized carbons (Fsp3) is 0.360. The van der Waals surface area contributed by atoms with Gasteiger partial charge in [-0.3, -0.25) is 9.59 Å². The van der Waals surface area contributed by atoms with Crippen LogP contribution < -0.4 is 10.1 Å². The number of fused-ring (bicyclic) bond motifs is 1. The molecule has 1 heterocycles. The number of aliphatic carboxylic acids is 1. The Morgan fingerprint density at radius 3 is 2.34 bits per heavy atom. The zero-order valence-corrected chi connectivity index (χ0v) is 19.4. The lowest BCUT2D eigenvalue weighted by Crippen LogP contribution is -2.51. The minimum absolute atomic E-state index is 0.173. The molecule has 0 aliphatic heterocycles. The van der Waals surface area contributed by atoms with E-state index in [2.05, 4.69) is 5.32 Å². The van der Waals surface area contributed by atoms with Gasteiger partial charge in [-0.2, -0.15) is 0 Å². The molecule has 0 bridgehead atoms. The number of carbonyl (C=O) groups is 2. The highest BCUT2D eigenvalue weighted by atomic mass is 35.5. The molecule has 32 heavy (non-hydrogen) atoms. The summed E-state index contributed by atoms with van der Waals surface area (Å²) in [5.41, 5.74) is 1.65. The predicted molar refractivity (Wildman–Crippen MR) is 125 cm³/mol. The van der Waals surface area contributed by atoms with Gasteiger partial charge >= 0.3 is 5.97 Å². The summed E-state index contributed by atoms with van der Waals surface area (Å²) in [4.78, 5) is 24.9. The average molecular weight is 455 g/mol. The lowest BCUT2D eigenvalue weighted by Gasteiger charge is -2.43. The van der Waals surface area contributed by atoms with Crippen molar-refractivity contribution in [2.24, 2.45) is 7.05 Å². The Balaban J connectivity index is 1.64. The standard InChI is InChI=1S/C25H27ClN2O4/c1-24(2,23(30)31)15-6-8-16(9-7-15)25(12-5-13-25)27-22(29)19-14-17-18(28(19)3)10-11-20(32-4)21(17)26/h6-11,14H,5,12-13H2,1-4H3,(H,27,29)(H,30,31). The Hall–Kier alpha value is -2.99. The van der Waals surface area contributed by atoms with Gasteiger partial charge < -0.3 is 19.7 Å². The van der Waals surface area contributed by atoms with E-state index in [1.807, 2.05) is 41.9 Å². The third-order valence-corrected chi connectivity index (χ3v) is 7.22. The SMILES string of the molecule is COc1ccc2c(cc(C(=O)NC3(c4ccc(C(C)(C)C(=O)O)cc4)CCC3)n2C)c1Cl. The molecule has 0 saturated heterocycles. The number of ether oxygens (including phenoxy) is 1. The first-order valence-electron chi connectivity index (χ1n) is 10.6. The van der Waals surface area contributed by atoms with Gasteiger partial charge in [0.05, 0.1) is 28.6 Å². The number of benzene rings is 2. The van der Waals surface area contributed by atoms with E-state index in [1.165, 1.54) is 0 Å². The normalized spacial score (nSPS) is 15.3. The van der Waals surface area contributed by atoms with Gasteiger partial charge in [0, 0.05) is 12.4 Å². The second-order valence-electron chi connectivity index (χ2n) is 9.00. The number of methoxy groups -OCH3 is 1. The molecule has 1 aliphatic rings. The number of carbonyl (C=O) groups excluding carboxylic acids is 1. The molecule has 2 aromatic carbocycles. The smallest absolute Gasteiger partial charge is 0.313 e. The molecule has 168 valence electrons. The van der Waals surface area contributed by atoms with Crippen molar-refractivity contribution in [2.75, 3.05) is 7.11 Å². The Bertz CT molecular complexity index is 1210. The summed E-state index contributed by atoms with van der Waals surface area (Å²) in [5.74, 6) is -0.479. The Morgan fingerprint density at radius 1 is 1.16 bits per heavy atom. The van der Waals surface area contributed by atoms with Crippen LogP contribution in [0.25, 0.3) is 10.9 Å². The first-order chi connectivity index (χ1) is 15.1. The van der Waals surface area contributed by atoms with E-state index in [4.69, 9.17) is 16.3 Å². The van der Waals surface area contributed by atoms with Crippen molar-refractivity contribution in [1.29, 1.82) is 0 Å². The molecular weight excluding hydrogens is 428 g/mol. The van der Waals surface area contributed by atoms with Crippen molar-refractivity contribution in [2.45, 2.75) is 44.1 Å². The summed E-state index contributed by atoms with van der Waals surface area (Å²) in [7, 11) is 3.41. The van der Waals surface area contributed by atoms with Gasteiger partial charge in [-0.05, 0) is 62.4 Å². The van der Waals surface area contributed by atoms with Crippen LogP contribution in [0.5, 0.6) is 5.75 Å². The molecule has 3 aromatic rings. The van der Waals surface area contributed by atoms with E-state index in [1.54, 1.807) is 33.1 Å². The molecule has 4 rings (SSSR count). The number of nitrogens with zero attached hydrogens (tertiary/aromatic N) is 1. The zero-order valence-electron chi connectivity index (χ0n) is 18.7. The third-order valence-electron chi connectivity index (χ3n) is 6.83. The minimum atomic E-state index is -0.974. The van der Waals surface area contributed by atoms with Crippen molar-refractivity contribution in [3.05, 3.63) is 64.3 Å². The highest BCUT2D eigenvalue weighted by Gasteiger charge is 2.41. The number of aromatic nitrogens is 1. The molecule has 1 aliphatic carbocycles. The minimum Gasteiger partial charge on any atom is -0.495 e. The quantitative estimate of drug-likeness (QED) is 0.548. The molecule has 1 fully saturated rings. The summed E-state index contributed by atoms with van der Waals surface area (Å²) >= 11 is 6.46. The Kier molecular flexibility index (Phi) is 5.45. The van der Waals surface area contributed by atoms with E-state index >= 15 is 0 Å². The van der Waals surface area contributed by atoms with E-state index < -0.39 is 16.9 Å². The van der Waals surface area contributed by atoms with E-state index in [0.717, 1.165) is 41.3 Å². The molecule has 0 unspecified atom stereocenters. The fourth-order valence-corrected chi connectivity index (χ4v) is 4.65. The number of nitrogens with one attached hydrogen (secondary N) is 1. The summed E-state index contributed by atoms with van der Waals surface area (Å²) in [6, 6.07) is 13.0. The van der Waals surface area contributed by atoms with Gasteiger partial charge in [-0.25, -0.2) is 0 Å². The number of aryl methyl sites for hydroxylation is 1. The second-order valence-corrected chi connectivity index (χ2v) is 9.38. The number of carboxylic acids is 1. The van der Waals surface area contributed by atoms with Crippen molar-refractivity contribution >= 4 is 34.4 Å². The first kappa shape index (κ1) is 22.2. The van der Waals surface area contributed by atoms with Gasteiger partial charge in [-0.15, -0.1) is 0 Å². The molecule has 7 heteroatoms. The van der Waals surface area contributed by atoms with Crippen LogP contribution in [0.4, 0.5) is 0 Å². The largest absolute Gasteiger partial charge is 0.495 e. The number of hydrogen-bond donors (Lipinski definition) is 2. The lowest BCUT2D eigenvalue weighted by atomic mass is 9.71. The molecule has 0 atom stereocenters. The van der Waals surface area contributed by atoms with Crippen LogP contribution in [0.3, 0.4) is 0 Å².